The van der Waals surface area contributed by atoms with Crippen LogP contribution in [0.3, 0.4) is 0 Å². The van der Waals surface area contributed by atoms with Gasteiger partial charge >= 0.3 is 0 Å². The van der Waals surface area contributed by atoms with Crippen LogP contribution in [0.15, 0.2) is 65.0 Å². The van der Waals surface area contributed by atoms with Gasteiger partial charge in [-0.15, -0.1) is 11.3 Å². The molecule has 2 N–H and O–H groups in total. The molecule has 1 heterocycles. The lowest BCUT2D eigenvalue weighted by Gasteiger charge is -2.10. The standard InChI is InChI=1S/C25H23N3O5S2/c1-31-18-8-5-16(6-9-18)26-23(29)14-34-25-28-19-10-7-17(13-22(19)35-25)27-24(30)15-4-11-20(32-2)21(12-15)33-3/h4-13H,14H2,1-3H3,(H,26,29)(H,27,30). The molecule has 4 rings (SSSR count). The number of anilines is 2. The number of carbonyl (C=O) groups is 2. The molecule has 0 atom stereocenters. The van der Waals surface area contributed by atoms with Crippen LogP contribution in [-0.4, -0.2) is 43.9 Å². The Bertz CT molecular complexity index is 1360. The molecule has 2 amide bonds. The van der Waals surface area contributed by atoms with Gasteiger partial charge in [0.05, 0.1) is 37.3 Å². The SMILES string of the molecule is COc1ccc(NC(=O)CSc2nc3ccc(NC(=O)c4ccc(OC)c(OC)c4)cc3s2)cc1. The molecule has 0 aliphatic heterocycles. The Balaban J connectivity index is 1.38. The number of thiazole rings is 1. The molecule has 3 aromatic carbocycles. The van der Waals surface area contributed by atoms with Crippen molar-refractivity contribution in [2.45, 2.75) is 4.34 Å². The molecule has 1 aromatic heterocycles. The number of ether oxygens (including phenoxy) is 3. The van der Waals surface area contributed by atoms with Gasteiger partial charge in [-0.25, -0.2) is 4.98 Å². The van der Waals surface area contributed by atoms with Crippen LogP contribution in [0.5, 0.6) is 17.2 Å². The topological polar surface area (TPSA) is 98.8 Å². The molecule has 0 aliphatic rings. The van der Waals surface area contributed by atoms with E-state index in [1.165, 1.54) is 30.2 Å². The summed E-state index contributed by atoms with van der Waals surface area (Å²) in [6.45, 7) is 0. The van der Waals surface area contributed by atoms with Crippen LogP contribution in [0, 0.1) is 0 Å². The van der Waals surface area contributed by atoms with Crippen molar-refractivity contribution in [2.75, 3.05) is 37.7 Å². The van der Waals surface area contributed by atoms with Gasteiger partial charge in [0.25, 0.3) is 5.91 Å². The zero-order valence-electron chi connectivity index (χ0n) is 19.3. The third-order valence-corrected chi connectivity index (χ3v) is 7.13. The number of fused-ring (bicyclic) bond motifs is 1. The monoisotopic (exact) mass is 509 g/mol. The number of hydrogen-bond acceptors (Lipinski definition) is 8. The summed E-state index contributed by atoms with van der Waals surface area (Å²) in [4.78, 5) is 29.6. The summed E-state index contributed by atoms with van der Waals surface area (Å²) >= 11 is 2.83. The highest BCUT2D eigenvalue weighted by molar-refractivity contribution is 8.01. The fourth-order valence-corrected chi connectivity index (χ4v) is 5.13. The van der Waals surface area contributed by atoms with E-state index >= 15 is 0 Å². The van der Waals surface area contributed by atoms with Crippen LogP contribution in [0.4, 0.5) is 11.4 Å². The van der Waals surface area contributed by atoms with Crippen LogP contribution in [0.2, 0.25) is 0 Å². The molecule has 0 bridgehead atoms. The third-order valence-electron chi connectivity index (χ3n) is 4.97. The summed E-state index contributed by atoms with van der Waals surface area (Å²) in [5, 5.41) is 5.75. The summed E-state index contributed by atoms with van der Waals surface area (Å²) in [6, 6.07) is 17.7. The van der Waals surface area contributed by atoms with Gasteiger partial charge < -0.3 is 24.8 Å². The zero-order chi connectivity index (χ0) is 24.8. The number of nitrogens with one attached hydrogen (secondary N) is 2. The maximum atomic E-state index is 12.7. The van der Waals surface area contributed by atoms with Crippen LogP contribution in [-0.2, 0) is 4.79 Å². The van der Waals surface area contributed by atoms with E-state index in [4.69, 9.17) is 14.2 Å². The van der Waals surface area contributed by atoms with Crippen molar-refractivity contribution in [1.82, 2.24) is 4.98 Å². The molecule has 0 unspecified atom stereocenters. The lowest BCUT2D eigenvalue weighted by molar-refractivity contribution is -0.113. The second kappa shape index (κ2) is 11.1. The van der Waals surface area contributed by atoms with Crippen molar-refractivity contribution in [2.24, 2.45) is 0 Å². The van der Waals surface area contributed by atoms with Gasteiger partial charge in [0, 0.05) is 16.9 Å². The molecule has 0 saturated carbocycles. The Kier molecular flexibility index (Phi) is 7.74. The number of aromatic nitrogens is 1. The molecule has 0 saturated heterocycles. The van der Waals surface area contributed by atoms with Crippen LogP contribution < -0.4 is 24.8 Å². The number of nitrogens with zero attached hydrogens (tertiary/aromatic N) is 1. The zero-order valence-corrected chi connectivity index (χ0v) is 20.9. The maximum absolute atomic E-state index is 12.7. The Morgan fingerprint density at radius 1 is 0.857 bits per heavy atom. The lowest BCUT2D eigenvalue weighted by atomic mass is 10.2. The van der Waals surface area contributed by atoms with Crippen molar-refractivity contribution in [3.63, 3.8) is 0 Å². The van der Waals surface area contributed by atoms with Crippen molar-refractivity contribution >= 4 is 56.5 Å². The number of amides is 2. The number of thioether (sulfide) groups is 1. The average molecular weight is 510 g/mol. The number of benzene rings is 3. The summed E-state index contributed by atoms with van der Waals surface area (Å²) in [6.07, 6.45) is 0. The summed E-state index contributed by atoms with van der Waals surface area (Å²) in [7, 11) is 4.66. The number of rotatable bonds is 9. The number of hydrogen-bond donors (Lipinski definition) is 2. The van der Waals surface area contributed by atoms with Gasteiger partial charge in [-0.05, 0) is 60.7 Å². The van der Waals surface area contributed by atoms with E-state index in [9.17, 15) is 9.59 Å². The van der Waals surface area contributed by atoms with E-state index in [0.29, 0.717) is 28.4 Å². The molecular weight excluding hydrogens is 486 g/mol. The molecule has 0 spiro atoms. The van der Waals surface area contributed by atoms with Gasteiger partial charge in [-0.3, -0.25) is 9.59 Å². The quantitative estimate of drug-likeness (QED) is 0.295. The molecular formula is C25H23N3O5S2. The van der Waals surface area contributed by atoms with E-state index < -0.39 is 0 Å². The molecule has 0 fully saturated rings. The number of carbonyl (C=O) groups excluding carboxylic acids is 2. The Morgan fingerprint density at radius 3 is 2.31 bits per heavy atom. The second-order valence-corrected chi connectivity index (χ2v) is 9.50. The molecule has 35 heavy (non-hydrogen) atoms. The van der Waals surface area contributed by atoms with Crippen LogP contribution in [0.25, 0.3) is 10.2 Å². The van der Waals surface area contributed by atoms with E-state index in [1.54, 1.807) is 62.8 Å². The minimum atomic E-state index is -0.264. The molecule has 0 aliphatic carbocycles. The van der Waals surface area contributed by atoms with Gasteiger partial charge in [0.2, 0.25) is 5.91 Å². The van der Waals surface area contributed by atoms with Gasteiger partial charge in [0.1, 0.15) is 5.75 Å². The summed E-state index contributed by atoms with van der Waals surface area (Å²) in [5.41, 5.74) is 2.61. The van der Waals surface area contributed by atoms with Crippen molar-refractivity contribution < 1.29 is 23.8 Å². The average Bonchev–Trinajstić information content (AvgIpc) is 3.29. The largest absolute Gasteiger partial charge is 0.497 e. The van der Waals surface area contributed by atoms with Crippen LogP contribution in [0.1, 0.15) is 10.4 Å². The fourth-order valence-electron chi connectivity index (χ4n) is 3.22. The van der Waals surface area contributed by atoms with Crippen molar-refractivity contribution in [3.8, 4) is 17.2 Å². The molecule has 180 valence electrons. The minimum absolute atomic E-state index is 0.123. The lowest BCUT2D eigenvalue weighted by Crippen LogP contribution is -2.13. The maximum Gasteiger partial charge on any atom is 0.255 e. The predicted molar refractivity (Wildman–Crippen MR) is 139 cm³/mol. The third kappa shape index (κ3) is 6.03. The van der Waals surface area contributed by atoms with Crippen LogP contribution >= 0.6 is 23.1 Å². The Morgan fingerprint density at radius 2 is 1.60 bits per heavy atom. The molecule has 4 aromatic rings. The summed E-state index contributed by atoms with van der Waals surface area (Å²) < 4.78 is 17.3. The molecule has 8 nitrogen and oxygen atoms in total. The minimum Gasteiger partial charge on any atom is -0.497 e. The van der Waals surface area contributed by atoms with Gasteiger partial charge in [-0.2, -0.15) is 0 Å². The highest BCUT2D eigenvalue weighted by Crippen LogP contribution is 2.32. The normalized spacial score (nSPS) is 10.6. The first kappa shape index (κ1) is 24.4. The Hall–Kier alpha value is -3.76. The first-order valence-electron chi connectivity index (χ1n) is 10.5. The smallest absolute Gasteiger partial charge is 0.255 e. The summed E-state index contributed by atoms with van der Waals surface area (Å²) in [5.74, 6) is 1.61. The van der Waals surface area contributed by atoms with E-state index in [-0.39, 0.29) is 17.6 Å². The first-order valence-corrected chi connectivity index (χ1v) is 12.3. The van der Waals surface area contributed by atoms with Crippen molar-refractivity contribution in [3.05, 3.63) is 66.2 Å². The van der Waals surface area contributed by atoms with E-state index in [1.807, 2.05) is 12.1 Å². The molecule has 0 radical (unpaired) electrons. The number of methoxy groups -OCH3 is 3. The van der Waals surface area contributed by atoms with Gasteiger partial charge in [-0.1, -0.05) is 11.8 Å². The highest BCUT2D eigenvalue weighted by atomic mass is 32.2. The van der Waals surface area contributed by atoms with E-state index in [0.717, 1.165) is 20.3 Å². The predicted octanol–water partition coefficient (Wildman–Crippen LogP) is 5.31. The molecule has 10 heteroatoms. The second-order valence-electron chi connectivity index (χ2n) is 7.25. The van der Waals surface area contributed by atoms with Gasteiger partial charge in [0.15, 0.2) is 15.8 Å². The highest BCUT2D eigenvalue weighted by Gasteiger charge is 2.13. The van der Waals surface area contributed by atoms with Crippen molar-refractivity contribution in [1.29, 1.82) is 0 Å². The fraction of sp³-hybridized carbons (Fsp3) is 0.160. The van der Waals surface area contributed by atoms with E-state index in [2.05, 4.69) is 15.6 Å². The first-order chi connectivity index (χ1) is 17.0. The Labute approximate surface area is 210 Å².